The minimum absolute atomic E-state index is 0.418. The van der Waals surface area contributed by atoms with Gasteiger partial charge in [0.1, 0.15) is 0 Å². The van der Waals surface area contributed by atoms with E-state index in [9.17, 15) is 0 Å². The highest BCUT2D eigenvalue weighted by Gasteiger charge is 2.16. The van der Waals surface area contributed by atoms with Crippen LogP contribution in [0.1, 0.15) is 26.2 Å². The van der Waals surface area contributed by atoms with Crippen molar-refractivity contribution in [1.82, 2.24) is 10.2 Å². The molecule has 0 aromatic rings. The molecule has 2 aliphatic rings. The van der Waals surface area contributed by atoms with Gasteiger partial charge < -0.3 is 10.1 Å². The quantitative estimate of drug-likeness (QED) is 0.827. The summed E-state index contributed by atoms with van der Waals surface area (Å²) in [4.78, 5) is 2.58. The van der Waals surface area contributed by atoms with Gasteiger partial charge in [0.05, 0.1) is 6.10 Å². The first-order chi connectivity index (χ1) is 8.34. The summed E-state index contributed by atoms with van der Waals surface area (Å²) in [6.45, 7) is 9.14. The Morgan fingerprint density at radius 1 is 1.35 bits per heavy atom. The largest absolute Gasteiger partial charge is 0.377 e. The zero-order valence-electron chi connectivity index (χ0n) is 11.0. The summed E-state index contributed by atoms with van der Waals surface area (Å²) in [6.07, 6.45) is 4.32. The van der Waals surface area contributed by atoms with Crippen LogP contribution in [0.2, 0.25) is 0 Å². The molecule has 0 aliphatic carbocycles. The molecule has 0 saturated carbocycles. The lowest BCUT2D eigenvalue weighted by Crippen LogP contribution is -2.33. The van der Waals surface area contributed by atoms with Crippen molar-refractivity contribution in [3.63, 3.8) is 0 Å². The number of hydrogen-bond donors (Lipinski definition) is 1. The molecular formula is C13H26N2OS. The second-order valence-electron chi connectivity index (χ2n) is 5.16. The Bertz CT molecular complexity index is 210. The van der Waals surface area contributed by atoms with Gasteiger partial charge in [0, 0.05) is 37.2 Å². The predicted molar refractivity (Wildman–Crippen MR) is 74.8 cm³/mol. The highest BCUT2D eigenvalue weighted by molar-refractivity contribution is 7.99. The molecule has 2 fully saturated rings. The van der Waals surface area contributed by atoms with Crippen molar-refractivity contribution in [1.29, 1.82) is 0 Å². The first-order valence-corrected chi connectivity index (χ1v) is 8.06. The first-order valence-electron chi connectivity index (χ1n) is 7.01. The SMILES string of the molecule is CC1CN(CCSC2CCNCC2)CCCO1. The standard InChI is InChI=1S/C13H26N2OS/c1-12-11-15(7-2-9-16-12)8-10-17-13-3-5-14-6-4-13/h12-14H,2-11H2,1H3. The average Bonchev–Trinajstić information content (AvgIpc) is 2.55. The molecule has 0 radical (unpaired) electrons. The monoisotopic (exact) mass is 258 g/mol. The van der Waals surface area contributed by atoms with Gasteiger partial charge in [0.15, 0.2) is 0 Å². The van der Waals surface area contributed by atoms with Gasteiger partial charge in [-0.1, -0.05) is 0 Å². The van der Waals surface area contributed by atoms with Crippen LogP contribution in [0.25, 0.3) is 0 Å². The first kappa shape index (κ1) is 13.7. The third-order valence-corrected chi connectivity index (χ3v) is 4.94. The lowest BCUT2D eigenvalue weighted by molar-refractivity contribution is 0.0686. The van der Waals surface area contributed by atoms with Crippen LogP contribution in [0, 0.1) is 0 Å². The summed E-state index contributed by atoms with van der Waals surface area (Å²) in [7, 11) is 0. The van der Waals surface area contributed by atoms with E-state index in [1.165, 1.54) is 51.2 Å². The van der Waals surface area contributed by atoms with Crippen LogP contribution < -0.4 is 5.32 Å². The molecule has 0 amide bonds. The Labute approximate surface area is 110 Å². The van der Waals surface area contributed by atoms with Gasteiger partial charge in [-0.3, -0.25) is 4.90 Å². The Balaban J connectivity index is 1.59. The molecule has 1 N–H and O–H groups in total. The van der Waals surface area contributed by atoms with Crippen molar-refractivity contribution in [2.24, 2.45) is 0 Å². The van der Waals surface area contributed by atoms with E-state index in [1.54, 1.807) is 0 Å². The second-order valence-corrected chi connectivity index (χ2v) is 6.56. The van der Waals surface area contributed by atoms with E-state index in [1.807, 2.05) is 0 Å². The maximum Gasteiger partial charge on any atom is 0.0673 e. The lowest BCUT2D eigenvalue weighted by Gasteiger charge is -2.25. The van der Waals surface area contributed by atoms with Crippen molar-refractivity contribution in [2.45, 2.75) is 37.5 Å². The fourth-order valence-corrected chi connectivity index (χ4v) is 3.86. The lowest BCUT2D eigenvalue weighted by atomic mass is 10.2. The third kappa shape index (κ3) is 5.16. The molecule has 17 heavy (non-hydrogen) atoms. The molecule has 2 rings (SSSR count). The zero-order valence-corrected chi connectivity index (χ0v) is 11.8. The van der Waals surface area contributed by atoms with Crippen LogP contribution in [0.5, 0.6) is 0 Å². The number of nitrogens with zero attached hydrogens (tertiary/aromatic N) is 1. The summed E-state index contributed by atoms with van der Waals surface area (Å²) in [5.74, 6) is 1.29. The van der Waals surface area contributed by atoms with Crippen molar-refractivity contribution in [3.05, 3.63) is 0 Å². The van der Waals surface area contributed by atoms with E-state index in [-0.39, 0.29) is 0 Å². The molecule has 4 heteroatoms. The second kappa shape index (κ2) is 7.62. The Morgan fingerprint density at radius 3 is 3.00 bits per heavy atom. The van der Waals surface area contributed by atoms with Crippen LogP contribution in [0.15, 0.2) is 0 Å². The molecule has 3 nitrogen and oxygen atoms in total. The maximum atomic E-state index is 5.67. The fourth-order valence-electron chi connectivity index (χ4n) is 2.59. The molecule has 2 heterocycles. The van der Waals surface area contributed by atoms with E-state index in [0.29, 0.717) is 6.10 Å². The number of piperidine rings is 1. The van der Waals surface area contributed by atoms with Crippen molar-refractivity contribution in [2.75, 3.05) is 45.1 Å². The number of rotatable bonds is 4. The molecule has 0 aromatic heterocycles. The highest BCUT2D eigenvalue weighted by atomic mass is 32.2. The van der Waals surface area contributed by atoms with Crippen LogP contribution in [-0.4, -0.2) is 61.3 Å². The number of ether oxygens (including phenoxy) is 1. The van der Waals surface area contributed by atoms with Crippen molar-refractivity contribution in [3.8, 4) is 0 Å². The Morgan fingerprint density at radius 2 is 2.18 bits per heavy atom. The fraction of sp³-hybridized carbons (Fsp3) is 1.00. The van der Waals surface area contributed by atoms with Gasteiger partial charge in [-0.25, -0.2) is 0 Å². The molecule has 0 spiro atoms. The normalized spacial score (nSPS) is 29.1. The Kier molecular flexibility index (Phi) is 6.12. The number of nitrogens with one attached hydrogen (secondary N) is 1. The van der Waals surface area contributed by atoms with Crippen molar-refractivity contribution >= 4 is 11.8 Å². The summed E-state index contributed by atoms with van der Waals surface area (Å²) in [6, 6.07) is 0. The molecule has 0 aromatic carbocycles. The third-order valence-electron chi connectivity index (χ3n) is 3.58. The van der Waals surface area contributed by atoms with Gasteiger partial charge in [-0.15, -0.1) is 0 Å². The molecular weight excluding hydrogens is 232 g/mol. The molecule has 0 bridgehead atoms. The van der Waals surface area contributed by atoms with Crippen LogP contribution in [0.4, 0.5) is 0 Å². The molecule has 2 aliphatic heterocycles. The summed E-state index contributed by atoms with van der Waals surface area (Å²) < 4.78 is 5.67. The van der Waals surface area contributed by atoms with Crippen LogP contribution in [0.3, 0.4) is 0 Å². The smallest absolute Gasteiger partial charge is 0.0673 e. The van der Waals surface area contributed by atoms with E-state index in [0.717, 1.165) is 18.4 Å². The topological polar surface area (TPSA) is 24.5 Å². The summed E-state index contributed by atoms with van der Waals surface area (Å²) in [5, 5.41) is 4.33. The van der Waals surface area contributed by atoms with E-state index < -0.39 is 0 Å². The zero-order chi connectivity index (χ0) is 11.9. The van der Waals surface area contributed by atoms with Crippen LogP contribution >= 0.6 is 11.8 Å². The number of hydrogen-bond acceptors (Lipinski definition) is 4. The molecule has 1 atom stereocenters. The minimum atomic E-state index is 0.418. The minimum Gasteiger partial charge on any atom is -0.377 e. The van der Waals surface area contributed by atoms with E-state index in [2.05, 4.69) is 28.9 Å². The molecule has 100 valence electrons. The Hall–Kier alpha value is 0.230. The van der Waals surface area contributed by atoms with Crippen molar-refractivity contribution < 1.29 is 4.74 Å². The molecule has 2 saturated heterocycles. The van der Waals surface area contributed by atoms with E-state index >= 15 is 0 Å². The van der Waals surface area contributed by atoms with Gasteiger partial charge in [-0.05, 0) is 39.3 Å². The summed E-state index contributed by atoms with van der Waals surface area (Å²) in [5.41, 5.74) is 0. The molecule has 1 unspecified atom stereocenters. The maximum absolute atomic E-state index is 5.67. The predicted octanol–water partition coefficient (Wildman–Crippen LogP) is 1.58. The van der Waals surface area contributed by atoms with E-state index in [4.69, 9.17) is 4.74 Å². The van der Waals surface area contributed by atoms with Gasteiger partial charge in [-0.2, -0.15) is 11.8 Å². The highest BCUT2D eigenvalue weighted by Crippen LogP contribution is 2.20. The van der Waals surface area contributed by atoms with Crippen LogP contribution in [-0.2, 0) is 4.74 Å². The average molecular weight is 258 g/mol. The van der Waals surface area contributed by atoms with Gasteiger partial charge >= 0.3 is 0 Å². The van der Waals surface area contributed by atoms with Gasteiger partial charge in [0.2, 0.25) is 0 Å². The number of thioether (sulfide) groups is 1. The van der Waals surface area contributed by atoms with Gasteiger partial charge in [0.25, 0.3) is 0 Å². The summed E-state index contributed by atoms with van der Waals surface area (Å²) >= 11 is 2.18.